The molecule has 0 amide bonds. The van der Waals surface area contributed by atoms with Gasteiger partial charge in [-0.3, -0.25) is 14.4 Å². The fourth-order valence-electron chi connectivity index (χ4n) is 10.0. The minimum atomic E-state index is -0.310. The van der Waals surface area contributed by atoms with Gasteiger partial charge in [-0.15, -0.1) is 0 Å². The summed E-state index contributed by atoms with van der Waals surface area (Å²) in [4.78, 5) is 39.0. The molecular weight excluding hydrogens is 1140 g/mol. The number of Topliss-reactive ketones (excluding diaryl/α,β-unsaturated/α-hetero) is 3. The summed E-state index contributed by atoms with van der Waals surface area (Å²) in [5.41, 5.74) is 13.0. The summed E-state index contributed by atoms with van der Waals surface area (Å²) in [5.74, 6) is -1.17. The topological polar surface area (TPSA) is 51.2 Å². The van der Waals surface area contributed by atoms with E-state index in [0.29, 0.717) is 30.1 Å². The minimum absolute atomic E-state index is 0.0284. The van der Waals surface area contributed by atoms with Gasteiger partial charge in [0, 0.05) is 64.6 Å². The van der Waals surface area contributed by atoms with Crippen LogP contribution in [0.1, 0.15) is 98.9 Å². The first-order valence-electron chi connectivity index (χ1n) is 24.0. The van der Waals surface area contributed by atoms with Crippen molar-refractivity contribution in [2.24, 2.45) is 0 Å². The first-order valence-corrected chi connectivity index (χ1v) is 26.4. The van der Waals surface area contributed by atoms with Crippen LogP contribution in [0.3, 0.4) is 0 Å². The lowest BCUT2D eigenvalue weighted by Gasteiger charge is -2.14. The Morgan fingerprint density at radius 2 is 0.547 bits per heavy atom. The summed E-state index contributed by atoms with van der Waals surface area (Å²) in [7, 11) is 0. The van der Waals surface area contributed by atoms with E-state index < -0.39 is 0 Å². The predicted molar refractivity (Wildman–Crippen MR) is 303 cm³/mol. The molecule has 3 nitrogen and oxygen atoms in total. The average Bonchev–Trinajstić information content (AvgIpc) is 4.02. The van der Waals surface area contributed by atoms with Crippen molar-refractivity contribution in [3.05, 3.63) is 333 Å². The van der Waals surface area contributed by atoms with Crippen molar-refractivity contribution in [3.8, 4) is 0 Å². The molecule has 9 heteroatoms. The Morgan fingerprint density at radius 1 is 0.307 bits per heavy atom. The number of allylic oxidation sites excluding steroid dienone is 3. The lowest BCUT2D eigenvalue weighted by Crippen LogP contribution is -2.02. The van der Waals surface area contributed by atoms with E-state index >= 15 is 0 Å². The molecule has 0 saturated carbocycles. The minimum Gasteiger partial charge on any atom is -0.289 e. The van der Waals surface area contributed by atoms with Crippen LogP contribution in [0.15, 0.2) is 249 Å². The Kier molecular flexibility index (Phi) is 15.3. The number of hydrogen-bond donors (Lipinski definition) is 0. The van der Waals surface area contributed by atoms with Gasteiger partial charge in [0.15, 0.2) is 17.3 Å². The van der Waals surface area contributed by atoms with Gasteiger partial charge in [0.2, 0.25) is 0 Å². The molecule has 0 radical (unpaired) electrons. The van der Waals surface area contributed by atoms with Crippen LogP contribution in [0, 0.1) is 17.5 Å². The average molecular weight is 1180 g/mol. The van der Waals surface area contributed by atoms with E-state index in [1.165, 1.54) is 36.4 Å². The van der Waals surface area contributed by atoms with E-state index in [2.05, 4.69) is 47.8 Å². The lowest BCUT2D eigenvalue weighted by molar-refractivity contribution is 0.103. The van der Waals surface area contributed by atoms with Gasteiger partial charge in [0.1, 0.15) is 17.5 Å². The van der Waals surface area contributed by atoms with E-state index in [1.54, 1.807) is 18.2 Å². The highest BCUT2D eigenvalue weighted by atomic mass is 79.9. The molecule has 366 valence electrons. The summed E-state index contributed by atoms with van der Waals surface area (Å²) in [6.45, 7) is 0. The number of rotatable bonds is 6. The van der Waals surface area contributed by atoms with Gasteiger partial charge in [-0.25, -0.2) is 13.2 Å². The molecule has 3 aliphatic rings. The molecular formula is C66H42Br3F3O3. The number of benzene rings is 9. The summed E-state index contributed by atoms with van der Waals surface area (Å²) >= 11 is 10.2. The molecule has 3 atom stereocenters. The molecule has 9 aromatic carbocycles. The molecule has 12 rings (SSSR count). The Labute approximate surface area is 458 Å². The van der Waals surface area contributed by atoms with Crippen LogP contribution in [0.5, 0.6) is 0 Å². The second-order valence-electron chi connectivity index (χ2n) is 18.1. The van der Waals surface area contributed by atoms with Gasteiger partial charge in [-0.2, -0.15) is 0 Å². The summed E-state index contributed by atoms with van der Waals surface area (Å²) in [5, 5.41) is 0. The van der Waals surface area contributed by atoms with Gasteiger partial charge >= 0.3 is 0 Å². The van der Waals surface area contributed by atoms with E-state index in [4.69, 9.17) is 0 Å². The highest BCUT2D eigenvalue weighted by molar-refractivity contribution is 9.11. The first kappa shape index (κ1) is 50.9. The van der Waals surface area contributed by atoms with Crippen LogP contribution in [0.25, 0.3) is 18.2 Å². The molecule has 0 N–H and O–H groups in total. The number of fused-ring (bicyclic) bond motifs is 3. The molecule has 0 heterocycles. The second-order valence-corrected chi connectivity index (χ2v) is 20.6. The summed E-state index contributed by atoms with van der Waals surface area (Å²) in [6, 6.07) is 66.6. The van der Waals surface area contributed by atoms with Crippen molar-refractivity contribution in [2.45, 2.75) is 17.8 Å². The molecule has 0 bridgehead atoms. The van der Waals surface area contributed by atoms with Crippen LogP contribution in [-0.4, -0.2) is 17.3 Å². The van der Waals surface area contributed by atoms with Crippen molar-refractivity contribution in [1.29, 1.82) is 0 Å². The third kappa shape index (κ3) is 10.7. The Morgan fingerprint density at radius 3 is 0.800 bits per heavy atom. The third-order valence-electron chi connectivity index (χ3n) is 13.5. The standard InChI is InChI=1S/3C22H14BrFO/c3*23-20-13-16(24)11-10-15(20)12-19-21(14-6-2-1-3-7-14)17-8-4-5-9-18(17)22(19)25/h3*1-13,21H/b3*19-12+/t3*21-/m100/s1. The first-order chi connectivity index (χ1) is 36.4. The second kappa shape index (κ2) is 22.5. The highest BCUT2D eigenvalue weighted by Gasteiger charge is 2.38. The zero-order valence-corrected chi connectivity index (χ0v) is 44.5. The zero-order valence-electron chi connectivity index (χ0n) is 39.7. The fraction of sp³-hybridized carbons (Fsp3) is 0.0455. The van der Waals surface area contributed by atoms with E-state index in [-0.39, 0.29) is 52.6 Å². The van der Waals surface area contributed by atoms with Crippen LogP contribution >= 0.6 is 47.8 Å². The van der Waals surface area contributed by atoms with Crippen LogP contribution in [0.2, 0.25) is 0 Å². The molecule has 0 aromatic heterocycles. The highest BCUT2D eigenvalue weighted by Crippen LogP contribution is 2.46. The Hall–Kier alpha value is -7.56. The maximum absolute atomic E-state index is 13.4. The van der Waals surface area contributed by atoms with Gasteiger partial charge in [-0.05, 0) is 105 Å². The van der Waals surface area contributed by atoms with E-state index in [1.807, 2.05) is 182 Å². The largest absolute Gasteiger partial charge is 0.289 e. The molecule has 3 aliphatic carbocycles. The molecule has 0 unspecified atom stereocenters. The fourth-order valence-corrected chi connectivity index (χ4v) is 11.4. The summed E-state index contributed by atoms with van der Waals surface area (Å²) in [6.07, 6.45) is 5.59. The monoisotopic (exact) mass is 1180 g/mol. The van der Waals surface area contributed by atoms with Crippen LogP contribution < -0.4 is 0 Å². The summed E-state index contributed by atoms with van der Waals surface area (Å²) < 4.78 is 42.0. The number of carbonyl (C=O) groups excluding carboxylic acids is 3. The lowest BCUT2D eigenvalue weighted by atomic mass is 9.89. The van der Waals surface area contributed by atoms with Gasteiger partial charge in [0.25, 0.3) is 0 Å². The van der Waals surface area contributed by atoms with Crippen molar-refractivity contribution >= 4 is 83.4 Å². The third-order valence-corrected chi connectivity index (χ3v) is 15.5. The quantitative estimate of drug-likeness (QED) is 0.156. The number of halogens is 6. The molecule has 0 aliphatic heterocycles. The SMILES string of the molecule is O=C1/C(=C/c2ccc(F)cc2Br)[C@@H](c2ccccc2)c2ccccc21.O=C1/C(=C/c2ccc(F)cc2Br)[C@@H](c2ccccc2)c2ccccc21.O=C1/C(=C/c2ccc(F)cc2Br)[C@H](c2ccccc2)c2ccccc21. The van der Waals surface area contributed by atoms with Crippen molar-refractivity contribution < 1.29 is 27.6 Å². The Balaban J connectivity index is 0.000000128. The van der Waals surface area contributed by atoms with Crippen molar-refractivity contribution in [1.82, 2.24) is 0 Å². The van der Waals surface area contributed by atoms with E-state index in [9.17, 15) is 27.6 Å². The molecule has 0 saturated heterocycles. The van der Waals surface area contributed by atoms with Gasteiger partial charge < -0.3 is 0 Å². The molecule has 75 heavy (non-hydrogen) atoms. The molecule has 0 spiro atoms. The molecule has 9 aromatic rings. The van der Waals surface area contributed by atoms with Gasteiger partial charge in [0.05, 0.1) is 0 Å². The maximum Gasteiger partial charge on any atom is 0.190 e. The van der Waals surface area contributed by atoms with E-state index in [0.717, 1.165) is 66.8 Å². The number of ketones is 3. The van der Waals surface area contributed by atoms with Crippen LogP contribution in [0.4, 0.5) is 13.2 Å². The number of hydrogen-bond acceptors (Lipinski definition) is 3. The normalized spacial score (nSPS) is 17.8. The van der Waals surface area contributed by atoms with Crippen molar-refractivity contribution in [3.63, 3.8) is 0 Å². The predicted octanol–water partition coefficient (Wildman–Crippen LogP) is 18.0. The number of carbonyl (C=O) groups is 3. The van der Waals surface area contributed by atoms with Crippen LogP contribution in [-0.2, 0) is 0 Å². The Bertz CT molecular complexity index is 3370. The zero-order chi connectivity index (χ0) is 52.2. The van der Waals surface area contributed by atoms with Crippen molar-refractivity contribution in [2.75, 3.05) is 0 Å². The smallest absolute Gasteiger partial charge is 0.190 e. The van der Waals surface area contributed by atoms with Gasteiger partial charge in [-0.1, -0.05) is 230 Å². The molecule has 0 fully saturated rings. The maximum atomic E-state index is 13.4.